The first kappa shape index (κ1) is 15.3. The molecule has 2 saturated heterocycles. The second-order valence-electron chi connectivity index (χ2n) is 7.26. The van der Waals surface area contributed by atoms with Crippen molar-refractivity contribution in [3.63, 3.8) is 0 Å². The van der Waals surface area contributed by atoms with Crippen molar-refractivity contribution in [3.8, 4) is 0 Å². The second kappa shape index (κ2) is 5.56. The number of amides is 2. The van der Waals surface area contributed by atoms with E-state index < -0.39 is 11.4 Å². The topological polar surface area (TPSA) is 77.9 Å². The molecule has 0 radical (unpaired) electrons. The third-order valence-corrected chi connectivity index (χ3v) is 5.57. The van der Waals surface area contributed by atoms with E-state index in [1.807, 2.05) is 4.90 Å². The molecule has 6 nitrogen and oxygen atoms in total. The maximum Gasteiger partial charge on any atom is 0.311 e. The Balaban J connectivity index is 1.62. The van der Waals surface area contributed by atoms with Crippen LogP contribution in [0.1, 0.15) is 45.4 Å². The van der Waals surface area contributed by atoms with Crippen LogP contribution in [-0.4, -0.2) is 58.4 Å². The van der Waals surface area contributed by atoms with Crippen LogP contribution in [0.15, 0.2) is 0 Å². The SMILES string of the molecule is C[C@@]1(C(=O)O)CCN(C(=O)[C@H]2CC(=O)N(C3CCCC3)C2)C1. The number of carbonyl (C=O) groups excluding carboxylic acids is 2. The highest BCUT2D eigenvalue weighted by atomic mass is 16.4. The van der Waals surface area contributed by atoms with Crippen molar-refractivity contribution >= 4 is 17.8 Å². The molecule has 0 spiro atoms. The highest BCUT2D eigenvalue weighted by molar-refractivity contribution is 5.90. The molecule has 0 aromatic heterocycles. The Bertz CT molecular complexity index is 500. The van der Waals surface area contributed by atoms with E-state index in [2.05, 4.69) is 0 Å². The molecule has 0 bridgehead atoms. The van der Waals surface area contributed by atoms with E-state index in [-0.39, 0.29) is 30.7 Å². The number of likely N-dealkylation sites (tertiary alicyclic amines) is 2. The van der Waals surface area contributed by atoms with E-state index in [0.717, 1.165) is 25.7 Å². The molecule has 22 heavy (non-hydrogen) atoms. The lowest BCUT2D eigenvalue weighted by molar-refractivity contribution is -0.147. The Morgan fingerprint density at radius 2 is 1.95 bits per heavy atom. The Morgan fingerprint density at radius 1 is 1.27 bits per heavy atom. The molecule has 2 heterocycles. The lowest BCUT2D eigenvalue weighted by Gasteiger charge is -2.25. The second-order valence-corrected chi connectivity index (χ2v) is 7.26. The Kier molecular flexibility index (Phi) is 3.87. The van der Waals surface area contributed by atoms with Crippen molar-refractivity contribution in [1.82, 2.24) is 9.80 Å². The third kappa shape index (κ3) is 2.59. The summed E-state index contributed by atoms with van der Waals surface area (Å²) in [6.07, 6.45) is 5.20. The molecule has 2 amide bonds. The number of nitrogens with zero attached hydrogens (tertiary/aromatic N) is 2. The summed E-state index contributed by atoms with van der Waals surface area (Å²) in [4.78, 5) is 39.6. The van der Waals surface area contributed by atoms with Crippen molar-refractivity contribution < 1.29 is 19.5 Å². The zero-order valence-corrected chi connectivity index (χ0v) is 13.1. The number of hydrogen-bond donors (Lipinski definition) is 1. The minimum absolute atomic E-state index is 0.0428. The predicted molar refractivity (Wildman–Crippen MR) is 79.0 cm³/mol. The van der Waals surface area contributed by atoms with Gasteiger partial charge in [0, 0.05) is 32.1 Å². The van der Waals surface area contributed by atoms with Crippen molar-refractivity contribution in [2.45, 2.75) is 51.5 Å². The first-order valence-corrected chi connectivity index (χ1v) is 8.22. The monoisotopic (exact) mass is 308 g/mol. The van der Waals surface area contributed by atoms with Crippen molar-refractivity contribution in [3.05, 3.63) is 0 Å². The molecule has 2 aliphatic heterocycles. The van der Waals surface area contributed by atoms with Gasteiger partial charge >= 0.3 is 5.97 Å². The maximum atomic E-state index is 12.6. The summed E-state index contributed by atoms with van der Waals surface area (Å²) in [7, 11) is 0. The average Bonchev–Trinajstić information content (AvgIpc) is 3.17. The summed E-state index contributed by atoms with van der Waals surface area (Å²) < 4.78 is 0. The van der Waals surface area contributed by atoms with Gasteiger partial charge in [-0.05, 0) is 26.2 Å². The van der Waals surface area contributed by atoms with Gasteiger partial charge in [-0.15, -0.1) is 0 Å². The van der Waals surface area contributed by atoms with E-state index in [4.69, 9.17) is 0 Å². The van der Waals surface area contributed by atoms with Gasteiger partial charge < -0.3 is 14.9 Å². The van der Waals surface area contributed by atoms with Gasteiger partial charge in [-0.2, -0.15) is 0 Å². The molecular formula is C16H24N2O4. The van der Waals surface area contributed by atoms with Crippen LogP contribution in [0, 0.1) is 11.3 Å². The van der Waals surface area contributed by atoms with Crippen molar-refractivity contribution in [2.24, 2.45) is 11.3 Å². The molecule has 2 atom stereocenters. The smallest absolute Gasteiger partial charge is 0.311 e. The molecule has 3 rings (SSSR count). The van der Waals surface area contributed by atoms with Crippen LogP contribution < -0.4 is 0 Å². The predicted octanol–water partition coefficient (Wildman–Crippen LogP) is 1.10. The van der Waals surface area contributed by atoms with Crippen LogP contribution in [0.5, 0.6) is 0 Å². The molecule has 1 saturated carbocycles. The normalized spacial score (nSPS) is 33.0. The summed E-state index contributed by atoms with van der Waals surface area (Å²) in [5, 5.41) is 9.26. The van der Waals surface area contributed by atoms with Gasteiger partial charge in [-0.1, -0.05) is 12.8 Å². The quantitative estimate of drug-likeness (QED) is 0.847. The van der Waals surface area contributed by atoms with Crippen LogP contribution in [-0.2, 0) is 14.4 Å². The summed E-state index contributed by atoms with van der Waals surface area (Å²) in [6.45, 7) is 2.95. The van der Waals surface area contributed by atoms with Gasteiger partial charge in [0.15, 0.2) is 0 Å². The van der Waals surface area contributed by atoms with Gasteiger partial charge in [0.05, 0.1) is 11.3 Å². The Hall–Kier alpha value is -1.59. The lowest BCUT2D eigenvalue weighted by Crippen LogP contribution is -2.40. The number of carboxylic acid groups (broad SMARTS) is 1. The first-order chi connectivity index (χ1) is 10.4. The molecule has 3 aliphatic rings. The van der Waals surface area contributed by atoms with Gasteiger partial charge in [0.2, 0.25) is 11.8 Å². The summed E-state index contributed by atoms with van der Waals surface area (Å²) in [5.41, 5.74) is -0.844. The van der Waals surface area contributed by atoms with E-state index in [0.29, 0.717) is 25.6 Å². The molecule has 1 aliphatic carbocycles. The van der Waals surface area contributed by atoms with Gasteiger partial charge in [0.1, 0.15) is 0 Å². The van der Waals surface area contributed by atoms with Gasteiger partial charge in [-0.25, -0.2) is 0 Å². The molecule has 122 valence electrons. The fraction of sp³-hybridized carbons (Fsp3) is 0.812. The summed E-state index contributed by atoms with van der Waals surface area (Å²) in [6, 6.07) is 0.313. The van der Waals surface area contributed by atoms with E-state index in [9.17, 15) is 19.5 Å². The standard InChI is InChI=1S/C16H24N2O4/c1-16(15(21)22)6-7-17(10-16)14(20)11-8-13(19)18(9-11)12-4-2-3-5-12/h11-12H,2-10H2,1H3,(H,21,22)/t11-,16+/m0/s1. The minimum atomic E-state index is -0.849. The molecule has 0 aromatic carbocycles. The van der Waals surface area contributed by atoms with Crippen LogP contribution in [0.4, 0.5) is 0 Å². The number of hydrogen-bond acceptors (Lipinski definition) is 3. The largest absolute Gasteiger partial charge is 0.481 e. The highest BCUT2D eigenvalue weighted by Crippen LogP contribution is 2.34. The molecule has 0 unspecified atom stereocenters. The number of carbonyl (C=O) groups is 3. The van der Waals surface area contributed by atoms with Crippen LogP contribution >= 0.6 is 0 Å². The maximum absolute atomic E-state index is 12.6. The van der Waals surface area contributed by atoms with Crippen molar-refractivity contribution in [1.29, 1.82) is 0 Å². The molecular weight excluding hydrogens is 284 g/mol. The third-order valence-electron chi connectivity index (χ3n) is 5.57. The minimum Gasteiger partial charge on any atom is -0.481 e. The van der Waals surface area contributed by atoms with E-state index in [1.54, 1.807) is 11.8 Å². The van der Waals surface area contributed by atoms with Crippen molar-refractivity contribution in [2.75, 3.05) is 19.6 Å². The van der Waals surface area contributed by atoms with E-state index >= 15 is 0 Å². The molecule has 0 aromatic rings. The van der Waals surface area contributed by atoms with Crippen LogP contribution in [0.25, 0.3) is 0 Å². The Morgan fingerprint density at radius 3 is 2.55 bits per heavy atom. The Labute approximate surface area is 130 Å². The molecule has 6 heteroatoms. The van der Waals surface area contributed by atoms with Gasteiger partial charge in [0.25, 0.3) is 0 Å². The number of aliphatic carboxylic acids is 1. The number of carboxylic acids is 1. The molecule has 3 fully saturated rings. The van der Waals surface area contributed by atoms with Gasteiger partial charge in [-0.3, -0.25) is 14.4 Å². The van der Waals surface area contributed by atoms with E-state index in [1.165, 1.54) is 0 Å². The highest BCUT2D eigenvalue weighted by Gasteiger charge is 2.46. The lowest BCUT2D eigenvalue weighted by atomic mass is 9.90. The fourth-order valence-corrected chi connectivity index (χ4v) is 4.05. The average molecular weight is 308 g/mol. The van der Waals surface area contributed by atoms with Crippen LogP contribution in [0.3, 0.4) is 0 Å². The summed E-state index contributed by atoms with van der Waals surface area (Å²) in [5.74, 6) is -1.09. The fourth-order valence-electron chi connectivity index (χ4n) is 4.05. The first-order valence-electron chi connectivity index (χ1n) is 8.22. The van der Waals surface area contributed by atoms with Crippen LogP contribution in [0.2, 0.25) is 0 Å². The summed E-state index contributed by atoms with van der Waals surface area (Å²) >= 11 is 0. The number of rotatable bonds is 3. The zero-order valence-electron chi connectivity index (χ0n) is 13.1. The zero-order chi connectivity index (χ0) is 15.9. The molecule has 1 N–H and O–H groups in total.